The van der Waals surface area contributed by atoms with Crippen LogP contribution in [-0.4, -0.2) is 12.5 Å². The number of aliphatic carboxylic acids is 1. The van der Waals surface area contributed by atoms with Gasteiger partial charge in [-0.25, -0.2) is 0 Å². The summed E-state index contributed by atoms with van der Waals surface area (Å²) in [5, 5.41) is 8.89. The topological polar surface area (TPSA) is 44.6 Å². The van der Waals surface area contributed by atoms with Gasteiger partial charge in [0.15, 0.2) is 0 Å². The molecular weight excluding hydrogens is 250 g/mol. The molecule has 3 nitrogen and oxygen atoms in total. The highest BCUT2D eigenvalue weighted by Crippen LogP contribution is 2.05. The Balaban J connectivity index is 0.000000796. The smallest absolute Gasteiger partial charge is 0.112 e. The number of allylic oxidation sites excluding steroid dienone is 3. The van der Waals surface area contributed by atoms with Crippen LogP contribution in [-0.2, 0) is 4.79 Å². The Kier molecular flexibility index (Phi) is 12.2. The highest BCUT2D eigenvalue weighted by Gasteiger charge is 2.14. The number of carbonyl (C=O) groups excluding carboxylic acids is 1. The van der Waals surface area contributed by atoms with E-state index in [1.807, 2.05) is 0 Å². The molecule has 0 saturated carbocycles. The predicted octanol–water partition coefficient (Wildman–Crippen LogP) is 2.20. The molecule has 20 heavy (non-hydrogen) atoms. The van der Waals surface area contributed by atoms with Crippen molar-refractivity contribution < 1.29 is 14.8 Å². The van der Waals surface area contributed by atoms with Gasteiger partial charge in [0, 0.05) is 18.5 Å². The van der Waals surface area contributed by atoms with Crippen LogP contribution in [0.3, 0.4) is 0 Å². The van der Waals surface area contributed by atoms with Crippen LogP contribution in [0.1, 0.15) is 72.1 Å². The van der Waals surface area contributed by atoms with Gasteiger partial charge in [-0.2, -0.15) is 0 Å². The minimum Gasteiger partial charge on any atom is -0.550 e. The van der Waals surface area contributed by atoms with Gasteiger partial charge in [-0.1, -0.05) is 39.5 Å². The SMILES string of the molecule is CC(=O)[O-].CCCCCCCC[NH+]1C=CC=C1CCC. The maximum atomic E-state index is 8.89. The number of nitrogens with one attached hydrogen (secondary N) is 1. The van der Waals surface area contributed by atoms with Gasteiger partial charge in [-0.3, -0.25) is 4.90 Å². The van der Waals surface area contributed by atoms with E-state index in [-0.39, 0.29) is 0 Å². The highest BCUT2D eigenvalue weighted by atomic mass is 16.4. The zero-order valence-electron chi connectivity index (χ0n) is 13.4. The maximum Gasteiger partial charge on any atom is 0.112 e. The van der Waals surface area contributed by atoms with Crippen molar-refractivity contribution in [1.82, 2.24) is 0 Å². The van der Waals surface area contributed by atoms with Crippen LogP contribution in [0.5, 0.6) is 0 Å². The van der Waals surface area contributed by atoms with Gasteiger partial charge in [0.1, 0.15) is 5.70 Å². The van der Waals surface area contributed by atoms with Crippen LogP contribution < -0.4 is 10.0 Å². The zero-order chi connectivity index (χ0) is 15.2. The Bertz CT molecular complexity index is 304. The fraction of sp³-hybridized carbons (Fsp3) is 0.706. The Hall–Kier alpha value is -1.09. The van der Waals surface area contributed by atoms with Crippen molar-refractivity contribution in [2.75, 3.05) is 6.54 Å². The Morgan fingerprint density at radius 3 is 2.30 bits per heavy atom. The van der Waals surface area contributed by atoms with Crippen LogP contribution >= 0.6 is 0 Å². The molecule has 0 amide bonds. The van der Waals surface area contributed by atoms with E-state index in [1.165, 1.54) is 57.9 Å². The molecule has 0 radical (unpaired) electrons. The molecule has 1 aliphatic rings. The lowest BCUT2D eigenvalue weighted by Gasteiger charge is -2.13. The molecule has 1 N–H and O–H groups in total. The van der Waals surface area contributed by atoms with E-state index < -0.39 is 5.97 Å². The third-order valence-electron chi connectivity index (χ3n) is 3.33. The van der Waals surface area contributed by atoms with Crippen molar-refractivity contribution in [1.29, 1.82) is 0 Å². The number of hydrogen-bond acceptors (Lipinski definition) is 2. The van der Waals surface area contributed by atoms with Gasteiger partial charge in [-0.15, -0.1) is 0 Å². The van der Waals surface area contributed by atoms with Gasteiger partial charge in [0.2, 0.25) is 0 Å². The van der Waals surface area contributed by atoms with E-state index in [0.717, 1.165) is 6.92 Å². The second-order valence-corrected chi connectivity index (χ2v) is 5.34. The van der Waals surface area contributed by atoms with E-state index in [1.54, 1.807) is 10.6 Å². The first-order chi connectivity index (χ1) is 9.61. The number of quaternary nitrogens is 1. The van der Waals surface area contributed by atoms with Gasteiger partial charge in [0.25, 0.3) is 0 Å². The highest BCUT2D eigenvalue weighted by molar-refractivity contribution is 5.60. The molecular formula is C17H31NO2. The van der Waals surface area contributed by atoms with Crippen molar-refractivity contribution in [2.45, 2.75) is 72.1 Å². The molecule has 0 aromatic carbocycles. The molecule has 0 bridgehead atoms. The van der Waals surface area contributed by atoms with Crippen LogP contribution in [0.2, 0.25) is 0 Å². The van der Waals surface area contributed by atoms with Gasteiger partial charge < -0.3 is 9.90 Å². The summed E-state index contributed by atoms with van der Waals surface area (Å²) in [5.41, 5.74) is 1.59. The number of rotatable bonds is 9. The first-order valence-corrected chi connectivity index (χ1v) is 8.02. The van der Waals surface area contributed by atoms with Crippen LogP contribution in [0, 0.1) is 0 Å². The van der Waals surface area contributed by atoms with Crippen molar-refractivity contribution in [3.63, 3.8) is 0 Å². The average molecular weight is 281 g/mol. The Morgan fingerprint density at radius 2 is 1.70 bits per heavy atom. The quantitative estimate of drug-likeness (QED) is 0.659. The van der Waals surface area contributed by atoms with Crippen molar-refractivity contribution in [2.24, 2.45) is 0 Å². The van der Waals surface area contributed by atoms with Crippen molar-refractivity contribution >= 4 is 5.97 Å². The fourth-order valence-electron chi connectivity index (χ4n) is 2.35. The average Bonchev–Trinajstić information content (AvgIpc) is 2.81. The number of hydrogen-bond donors (Lipinski definition) is 1. The minimum atomic E-state index is -1.08. The molecule has 0 aromatic heterocycles. The number of carboxylic acid groups (broad SMARTS) is 1. The van der Waals surface area contributed by atoms with E-state index >= 15 is 0 Å². The number of carbonyl (C=O) groups is 1. The third kappa shape index (κ3) is 10.8. The van der Waals surface area contributed by atoms with E-state index in [4.69, 9.17) is 9.90 Å². The Labute approximate surface area is 124 Å². The lowest BCUT2D eigenvalue weighted by Crippen LogP contribution is -3.04. The molecule has 1 unspecified atom stereocenters. The second kappa shape index (κ2) is 12.9. The van der Waals surface area contributed by atoms with Gasteiger partial charge in [-0.05, 0) is 32.3 Å². The second-order valence-electron chi connectivity index (χ2n) is 5.34. The van der Waals surface area contributed by atoms with Crippen LogP contribution in [0.15, 0.2) is 24.0 Å². The summed E-state index contributed by atoms with van der Waals surface area (Å²) < 4.78 is 0. The number of carboxylic acids is 1. The summed E-state index contributed by atoms with van der Waals surface area (Å²) >= 11 is 0. The zero-order valence-corrected chi connectivity index (χ0v) is 13.4. The summed E-state index contributed by atoms with van der Waals surface area (Å²) in [6.07, 6.45) is 17.8. The molecule has 0 aliphatic carbocycles. The summed E-state index contributed by atoms with van der Waals surface area (Å²) in [5.74, 6) is -1.08. The standard InChI is InChI=1S/C15H27N.C2H4O2/c1-3-5-6-7-8-9-13-16-14-10-12-15(16)11-4-2;1-2(3)4/h10,12,14H,3-9,11,13H2,1-2H3;1H3,(H,3,4). The lowest BCUT2D eigenvalue weighted by molar-refractivity contribution is -0.804. The molecule has 0 saturated heterocycles. The fourth-order valence-corrected chi connectivity index (χ4v) is 2.35. The summed E-state index contributed by atoms with van der Waals surface area (Å²) in [7, 11) is 0. The molecule has 1 atom stereocenters. The van der Waals surface area contributed by atoms with Gasteiger partial charge in [0.05, 0.1) is 12.7 Å². The van der Waals surface area contributed by atoms with E-state index in [2.05, 4.69) is 32.2 Å². The summed E-state index contributed by atoms with van der Waals surface area (Å²) in [6.45, 7) is 6.82. The summed E-state index contributed by atoms with van der Waals surface area (Å²) in [6, 6.07) is 0. The largest absolute Gasteiger partial charge is 0.550 e. The minimum absolute atomic E-state index is 0.972. The Morgan fingerprint density at radius 1 is 1.10 bits per heavy atom. The molecule has 1 aliphatic heterocycles. The molecule has 3 heteroatoms. The molecule has 1 rings (SSSR count). The lowest BCUT2D eigenvalue weighted by atomic mass is 10.1. The van der Waals surface area contributed by atoms with E-state index in [0.29, 0.717) is 0 Å². The van der Waals surface area contributed by atoms with E-state index in [9.17, 15) is 0 Å². The first kappa shape index (κ1) is 18.9. The predicted molar refractivity (Wildman–Crippen MR) is 82.0 cm³/mol. The van der Waals surface area contributed by atoms with Crippen molar-refractivity contribution in [3.05, 3.63) is 24.0 Å². The molecule has 0 spiro atoms. The third-order valence-corrected chi connectivity index (χ3v) is 3.33. The monoisotopic (exact) mass is 281 g/mol. The van der Waals surface area contributed by atoms with Crippen LogP contribution in [0.25, 0.3) is 0 Å². The normalized spacial score (nSPS) is 16.6. The van der Waals surface area contributed by atoms with Crippen molar-refractivity contribution in [3.8, 4) is 0 Å². The molecule has 116 valence electrons. The maximum absolute atomic E-state index is 8.89. The molecule has 1 heterocycles. The molecule has 0 aromatic rings. The van der Waals surface area contributed by atoms with Gasteiger partial charge >= 0.3 is 0 Å². The first-order valence-electron chi connectivity index (χ1n) is 8.02. The van der Waals surface area contributed by atoms with Crippen LogP contribution in [0.4, 0.5) is 0 Å². The number of unbranched alkanes of at least 4 members (excludes halogenated alkanes) is 5. The molecule has 0 fully saturated rings. The summed E-state index contributed by atoms with van der Waals surface area (Å²) in [4.78, 5) is 10.5.